The molecule has 3 aromatic rings. The van der Waals surface area contributed by atoms with Gasteiger partial charge in [-0.15, -0.1) is 0 Å². The zero-order chi connectivity index (χ0) is 18.5. The van der Waals surface area contributed by atoms with E-state index in [1.54, 1.807) is 35.9 Å². The van der Waals surface area contributed by atoms with E-state index in [4.69, 9.17) is 21.6 Å². The number of nitriles is 1. The van der Waals surface area contributed by atoms with E-state index in [0.29, 0.717) is 17.8 Å². The molecular weight excluding hydrogens is 350 g/mol. The summed E-state index contributed by atoms with van der Waals surface area (Å²) >= 11 is 6.36. The molecule has 0 unspecified atom stereocenters. The highest BCUT2D eigenvalue weighted by atomic mass is 35.5. The van der Waals surface area contributed by atoms with Gasteiger partial charge in [-0.3, -0.25) is 0 Å². The Kier molecular flexibility index (Phi) is 5.35. The first-order chi connectivity index (χ1) is 12.6. The highest BCUT2D eigenvalue weighted by molar-refractivity contribution is 6.32. The summed E-state index contributed by atoms with van der Waals surface area (Å²) in [6, 6.07) is 18.7. The number of aromatic nitrogens is 2. The van der Waals surface area contributed by atoms with Crippen LogP contribution in [0.3, 0.4) is 0 Å². The molecule has 1 aromatic heterocycles. The predicted octanol–water partition coefficient (Wildman–Crippen LogP) is 4.12. The van der Waals surface area contributed by atoms with Crippen molar-refractivity contribution in [3.63, 3.8) is 0 Å². The Balaban J connectivity index is 1.74. The van der Waals surface area contributed by atoms with Crippen molar-refractivity contribution in [3.8, 4) is 6.07 Å². The number of rotatable bonds is 5. The Morgan fingerprint density at radius 1 is 1.19 bits per heavy atom. The number of carbonyl (C=O) groups is 1. The third-order valence-electron chi connectivity index (χ3n) is 3.87. The summed E-state index contributed by atoms with van der Waals surface area (Å²) in [6.45, 7) is 2.26. The van der Waals surface area contributed by atoms with Crippen LogP contribution in [0.15, 0.2) is 54.6 Å². The third kappa shape index (κ3) is 3.93. The van der Waals surface area contributed by atoms with Crippen molar-refractivity contribution < 1.29 is 9.53 Å². The molecule has 130 valence electrons. The molecule has 0 N–H and O–H groups in total. The molecule has 0 saturated carbocycles. The van der Waals surface area contributed by atoms with Crippen molar-refractivity contribution in [1.29, 1.82) is 5.26 Å². The van der Waals surface area contributed by atoms with Crippen LogP contribution in [-0.4, -0.2) is 15.7 Å². The van der Waals surface area contributed by atoms with Gasteiger partial charge < -0.3 is 4.74 Å². The molecule has 26 heavy (non-hydrogen) atoms. The Bertz CT molecular complexity index is 974. The van der Waals surface area contributed by atoms with E-state index >= 15 is 0 Å². The minimum atomic E-state index is -0.533. The second-order valence-corrected chi connectivity index (χ2v) is 6.14. The molecule has 2 aromatic carbocycles. The van der Waals surface area contributed by atoms with E-state index < -0.39 is 5.97 Å². The highest BCUT2D eigenvalue weighted by Crippen LogP contribution is 2.22. The van der Waals surface area contributed by atoms with E-state index in [1.807, 2.05) is 30.3 Å². The number of nitrogens with zero attached hydrogens (tertiary/aromatic N) is 3. The third-order valence-corrected chi connectivity index (χ3v) is 4.25. The van der Waals surface area contributed by atoms with Crippen LogP contribution < -0.4 is 0 Å². The Labute approximate surface area is 156 Å². The van der Waals surface area contributed by atoms with Gasteiger partial charge in [0, 0.05) is 0 Å². The Morgan fingerprint density at radius 3 is 2.65 bits per heavy atom. The molecule has 0 aliphatic heterocycles. The summed E-state index contributed by atoms with van der Waals surface area (Å²) in [7, 11) is 0. The van der Waals surface area contributed by atoms with Crippen molar-refractivity contribution in [2.24, 2.45) is 0 Å². The largest absolute Gasteiger partial charge is 0.457 e. The maximum atomic E-state index is 12.5. The average Bonchev–Trinajstić information content (AvgIpc) is 2.94. The summed E-state index contributed by atoms with van der Waals surface area (Å²) in [4.78, 5) is 12.5. The lowest BCUT2D eigenvalue weighted by Gasteiger charge is -2.06. The first-order valence-electron chi connectivity index (χ1n) is 8.01. The number of esters is 1. The van der Waals surface area contributed by atoms with Crippen molar-refractivity contribution in [2.45, 2.75) is 20.1 Å². The molecule has 0 fully saturated rings. The fourth-order valence-electron chi connectivity index (χ4n) is 2.60. The van der Waals surface area contributed by atoms with Crippen LogP contribution in [0.4, 0.5) is 0 Å². The Morgan fingerprint density at radius 2 is 1.92 bits per heavy atom. The molecule has 0 aliphatic rings. The van der Waals surface area contributed by atoms with Gasteiger partial charge in [0.25, 0.3) is 0 Å². The molecule has 0 radical (unpaired) electrons. The minimum Gasteiger partial charge on any atom is -0.457 e. The van der Waals surface area contributed by atoms with Crippen LogP contribution in [0.5, 0.6) is 0 Å². The molecular formula is C20H16ClN3O2. The zero-order valence-corrected chi connectivity index (χ0v) is 14.9. The second kappa shape index (κ2) is 7.85. The van der Waals surface area contributed by atoms with Gasteiger partial charge in [-0.25, -0.2) is 9.48 Å². The van der Waals surface area contributed by atoms with E-state index in [0.717, 1.165) is 11.1 Å². The number of ether oxygens (including phenoxy) is 1. The van der Waals surface area contributed by atoms with Gasteiger partial charge >= 0.3 is 5.97 Å². The van der Waals surface area contributed by atoms with Crippen molar-refractivity contribution >= 4 is 17.6 Å². The van der Waals surface area contributed by atoms with Gasteiger partial charge in [-0.1, -0.05) is 54.1 Å². The van der Waals surface area contributed by atoms with Gasteiger partial charge in [0.1, 0.15) is 17.3 Å². The number of hydrogen-bond donors (Lipinski definition) is 0. The van der Waals surface area contributed by atoms with E-state index in [-0.39, 0.29) is 17.3 Å². The van der Waals surface area contributed by atoms with Gasteiger partial charge in [0.15, 0.2) is 0 Å². The quantitative estimate of drug-likeness (QED) is 0.638. The topological polar surface area (TPSA) is 67.9 Å². The van der Waals surface area contributed by atoms with Gasteiger partial charge in [-0.05, 0) is 30.2 Å². The number of halogens is 1. The Hall–Kier alpha value is -3.10. The number of aryl methyl sites for hydroxylation is 1. The zero-order valence-electron chi connectivity index (χ0n) is 14.1. The normalized spacial score (nSPS) is 10.3. The average molecular weight is 366 g/mol. The number of hydrogen-bond acceptors (Lipinski definition) is 4. The van der Waals surface area contributed by atoms with Crippen LogP contribution in [0.2, 0.25) is 5.15 Å². The SMILES string of the molecule is Cc1nn(Cc2ccccc2)c(Cl)c1C(=O)OCc1cccc(C#N)c1. The highest BCUT2D eigenvalue weighted by Gasteiger charge is 2.21. The van der Waals surface area contributed by atoms with Gasteiger partial charge in [-0.2, -0.15) is 10.4 Å². The first kappa shape index (κ1) is 17.7. The number of benzene rings is 2. The fraction of sp³-hybridized carbons (Fsp3) is 0.150. The molecule has 0 atom stereocenters. The molecule has 1 heterocycles. The minimum absolute atomic E-state index is 0.0635. The summed E-state index contributed by atoms with van der Waals surface area (Å²) in [5.41, 5.74) is 3.07. The van der Waals surface area contributed by atoms with Crippen LogP contribution in [0.25, 0.3) is 0 Å². The van der Waals surface area contributed by atoms with Crippen molar-refractivity contribution in [2.75, 3.05) is 0 Å². The van der Waals surface area contributed by atoms with Crippen LogP contribution in [-0.2, 0) is 17.9 Å². The molecule has 6 heteroatoms. The van der Waals surface area contributed by atoms with Gasteiger partial charge in [0.2, 0.25) is 0 Å². The summed E-state index contributed by atoms with van der Waals surface area (Å²) in [6.07, 6.45) is 0. The maximum Gasteiger partial charge on any atom is 0.343 e. The van der Waals surface area contributed by atoms with Crippen LogP contribution in [0, 0.1) is 18.3 Å². The molecule has 3 rings (SSSR count). The molecule has 0 bridgehead atoms. The van der Waals surface area contributed by atoms with Crippen molar-refractivity contribution in [1.82, 2.24) is 9.78 Å². The van der Waals surface area contributed by atoms with E-state index in [1.165, 1.54) is 0 Å². The smallest absolute Gasteiger partial charge is 0.343 e. The molecule has 5 nitrogen and oxygen atoms in total. The molecule has 0 spiro atoms. The number of carbonyl (C=O) groups excluding carboxylic acids is 1. The second-order valence-electron chi connectivity index (χ2n) is 5.78. The van der Waals surface area contributed by atoms with Crippen LogP contribution >= 0.6 is 11.6 Å². The van der Waals surface area contributed by atoms with Crippen LogP contribution in [0.1, 0.15) is 32.7 Å². The van der Waals surface area contributed by atoms with E-state index in [9.17, 15) is 4.79 Å². The first-order valence-corrected chi connectivity index (χ1v) is 8.39. The fourth-order valence-corrected chi connectivity index (χ4v) is 2.91. The summed E-state index contributed by atoms with van der Waals surface area (Å²) in [5, 5.41) is 13.5. The lowest BCUT2D eigenvalue weighted by atomic mass is 10.1. The summed E-state index contributed by atoms with van der Waals surface area (Å²) in [5.74, 6) is -0.533. The lowest BCUT2D eigenvalue weighted by Crippen LogP contribution is -2.07. The molecule has 0 saturated heterocycles. The van der Waals surface area contributed by atoms with E-state index in [2.05, 4.69) is 11.2 Å². The monoisotopic (exact) mass is 365 g/mol. The molecule has 0 aliphatic carbocycles. The standard InChI is InChI=1S/C20H16ClN3O2/c1-14-18(19(21)24(23-14)12-15-6-3-2-4-7-15)20(25)26-13-17-9-5-8-16(10-17)11-22/h2-10H,12-13H2,1H3. The van der Waals surface area contributed by atoms with Crippen molar-refractivity contribution in [3.05, 3.63) is 87.7 Å². The lowest BCUT2D eigenvalue weighted by molar-refractivity contribution is 0.0472. The summed E-state index contributed by atoms with van der Waals surface area (Å²) < 4.78 is 6.94. The predicted molar refractivity (Wildman–Crippen MR) is 97.8 cm³/mol. The van der Waals surface area contributed by atoms with Gasteiger partial charge in [0.05, 0.1) is 23.9 Å². The molecule has 0 amide bonds. The maximum absolute atomic E-state index is 12.5.